The first-order valence-electron chi connectivity index (χ1n) is 11.5. The second kappa shape index (κ2) is 8.98. The van der Waals surface area contributed by atoms with Gasteiger partial charge in [-0.05, 0) is 45.1 Å². The second-order valence-corrected chi connectivity index (χ2v) is 9.69. The van der Waals surface area contributed by atoms with E-state index in [0.29, 0.717) is 6.54 Å². The standard InChI is InChI=1S/C25H29N5OS/c1-17-21-11-7-12-29(14-19-8-4-3-5-9-19)24(21)28-23(27-17)20-10-6-13-30(15-20)25(31)22-18(2)26-16-32-22/h3-5,8-9,16,20H,6-7,10-15H2,1-2H3/t20-/m0/s1. The molecular formula is C25H29N5OS. The Bertz CT molecular complexity index is 1110. The quantitative estimate of drug-likeness (QED) is 0.588. The molecule has 0 unspecified atom stereocenters. The molecule has 166 valence electrons. The van der Waals surface area contributed by atoms with Crippen LogP contribution in [0, 0.1) is 13.8 Å². The summed E-state index contributed by atoms with van der Waals surface area (Å²) in [5, 5.41) is 0. The van der Waals surface area contributed by atoms with Crippen molar-refractivity contribution in [2.24, 2.45) is 0 Å². The van der Waals surface area contributed by atoms with Crippen molar-refractivity contribution in [3.8, 4) is 0 Å². The molecule has 5 rings (SSSR count). The normalized spacial score (nSPS) is 18.5. The van der Waals surface area contributed by atoms with E-state index in [2.05, 4.69) is 47.1 Å². The minimum atomic E-state index is 0.0927. The maximum absolute atomic E-state index is 13.1. The zero-order valence-electron chi connectivity index (χ0n) is 18.8. The van der Waals surface area contributed by atoms with Gasteiger partial charge in [0.05, 0.1) is 11.2 Å². The summed E-state index contributed by atoms with van der Waals surface area (Å²) in [5.41, 5.74) is 6.23. The van der Waals surface area contributed by atoms with Gasteiger partial charge in [-0.2, -0.15) is 0 Å². The number of likely N-dealkylation sites (tertiary alicyclic amines) is 1. The van der Waals surface area contributed by atoms with E-state index in [1.807, 2.05) is 11.8 Å². The number of aromatic nitrogens is 3. The highest BCUT2D eigenvalue weighted by atomic mass is 32.1. The molecule has 2 aliphatic rings. The molecule has 0 bridgehead atoms. The summed E-state index contributed by atoms with van der Waals surface area (Å²) in [4.78, 5) is 32.5. The van der Waals surface area contributed by atoms with Gasteiger partial charge in [-0.1, -0.05) is 30.3 Å². The highest BCUT2D eigenvalue weighted by Gasteiger charge is 2.30. The van der Waals surface area contributed by atoms with Gasteiger partial charge in [-0.15, -0.1) is 11.3 Å². The zero-order valence-corrected chi connectivity index (χ0v) is 19.6. The topological polar surface area (TPSA) is 62.2 Å². The van der Waals surface area contributed by atoms with Crippen LogP contribution in [0.15, 0.2) is 35.8 Å². The highest BCUT2D eigenvalue weighted by molar-refractivity contribution is 7.11. The molecule has 4 heterocycles. The first kappa shape index (κ1) is 21.1. The third kappa shape index (κ3) is 4.13. The number of hydrogen-bond acceptors (Lipinski definition) is 6. The fourth-order valence-electron chi connectivity index (χ4n) is 4.87. The van der Waals surface area contributed by atoms with E-state index in [4.69, 9.17) is 9.97 Å². The van der Waals surface area contributed by atoms with Crippen molar-refractivity contribution in [3.05, 3.63) is 69.1 Å². The van der Waals surface area contributed by atoms with Gasteiger partial charge in [-0.25, -0.2) is 15.0 Å². The van der Waals surface area contributed by atoms with Gasteiger partial charge in [0.15, 0.2) is 0 Å². The van der Waals surface area contributed by atoms with Crippen molar-refractivity contribution < 1.29 is 4.79 Å². The fourth-order valence-corrected chi connectivity index (χ4v) is 5.64. The molecule has 2 aromatic heterocycles. The Kier molecular flexibility index (Phi) is 5.91. The predicted molar refractivity (Wildman–Crippen MR) is 127 cm³/mol. The summed E-state index contributed by atoms with van der Waals surface area (Å²) in [6.45, 7) is 7.36. The number of nitrogens with zero attached hydrogens (tertiary/aromatic N) is 5. The Morgan fingerprint density at radius 2 is 1.94 bits per heavy atom. The van der Waals surface area contributed by atoms with Crippen molar-refractivity contribution in [2.75, 3.05) is 24.5 Å². The maximum Gasteiger partial charge on any atom is 0.265 e. The minimum Gasteiger partial charge on any atom is -0.352 e. The Morgan fingerprint density at radius 1 is 1.09 bits per heavy atom. The number of carbonyl (C=O) groups excluding carboxylic acids is 1. The van der Waals surface area contributed by atoms with Crippen LogP contribution >= 0.6 is 11.3 Å². The van der Waals surface area contributed by atoms with Crippen molar-refractivity contribution >= 4 is 23.1 Å². The molecule has 1 amide bonds. The third-order valence-corrected chi connectivity index (χ3v) is 7.51. The molecule has 3 aromatic rings. The lowest BCUT2D eigenvalue weighted by atomic mass is 9.95. The summed E-state index contributed by atoms with van der Waals surface area (Å²) < 4.78 is 0. The van der Waals surface area contributed by atoms with E-state index in [1.54, 1.807) is 5.51 Å². The molecule has 0 N–H and O–H groups in total. The molecular weight excluding hydrogens is 418 g/mol. The van der Waals surface area contributed by atoms with Gasteiger partial charge >= 0.3 is 0 Å². The Labute approximate surface area is 193 Å². The van der Waals surface area contributed by atoms with Crippen LogP contribution in [0.2, 0.25) is 0 Å². The summed E-state index contributed by atoms with van der Waals surface area (Å²) in [6, 6.07) is 10.6. The monoisotopic (exact) mass is 447 g/mol. The number of anilines is 1. The van der Waals surface area contributed by atoms with Crippen LogP contribution in [0.5, 0.6) is 0 Å². The van der Waals surface area contributed by atoms with Crippen molar-refractivity contribution in [3.63, 3.8) is 0 Å². The third-order valence-electron chi connectivity index (χ3n) is 6.59. The van der Waals surface area contributed by atoms with Gasteiger partial charge in [0.1, 0.15) is 16.5 Å². The van der Waals surface area contributed by atoms with Crippen molar-refractivity contribution in [1.29, 1.82) is 0 Å². The first-order chi connectivity index (χ1) is 15.6. The van der Waals surface area contributed by atoms with Crippen LogP contribution in [0.25, 0.3) is 0 Å². The smallest absolute Gasteiger partial charge is 0.265 e. The lowest BCUT2D eigenvalue weighted by Gasteiger charge is -2.34. The molecule has 0 spiro atoms. The number of thiazole rings is 1. The van der Waals surface area contributed by atoms with Crippen LogP contribution in [0.4, 0.5) is 5.82 Å². The first-order valence-corrected chi connectivity index (χ1v) is 12.3. The van der Waals surface area contributed by atoms with Gasteiger partial charge < -0.3 is 9.80 Å². The fraction of sp³-hybridized carbons (Fsp3) is 0.440. The molecule has 0 aliphatic carbocycles. The average Bonchev–Trinajstić information content (AvgIpc) is 3.25. The lowest BCUT2D eigenvalue weighted by molar-refractivity contribution is 0.0708. The molecule has 32 heavy (non-hydrogen) atoms. The van der Waals surface area contributed by atoms with Crippen LogP contribution in [-0.4, -0.2) is 45.4 Å². The van der Waals surface area contributed by atoms with E-state index in [1.165, 1.54) is 22.5 Å². The van der Waals surface area contributed by atoms with Crippen molar-refractivity contribution in [2.45, 2.75) is 52.0 Å². The molecule has 6 nitrogen and oxygen atoms in total. The number of aryl methyl sites for hydroxylation is 2. The molecule has 1 fully saturated rings. The molecule has 2 aliphatic heterocycles. The Balaban J connectivity index is 1.40. The van der Waals surface area contributed by atoms with Crippen LogP contribution in [0.3, 0.4) is 0 Å². The SMILES string of the molecule is Cc1ncsc1C(=O)N1CCC[C@H](c2nc(C)c3c(n2)N(Cc2ccccc2)CCC3)C1. The Hall–Kier alpha value is -2.80. The van der Waals surface area contributed by atoms with Gasteiger partial charge in [0, 0.05) is 43.4 Å². The number of benzene rings is 1. The molecule has 1 aromatic carbocycles. The number of rotatable bonds is 4. The van der Waals surface area contributed by atoms with E-state index in [0.717, 1.165) is 73.2 Å². The summed E-state index contributed by atoms with van der Waals surface area (Å²) in [5.74, 6) is 2.24. The number of fused-ring (bicyclic) bond motifs is 1. The van der Waals surface area contributed by atoms with Crippen molar-refractivity contribution in [1.82, 2.24) is 19.9 Å². The second-order valence-electron chi connectivity index (χ2n) is 8.84. The molecule has 1 saturated heterocycles. The van der Waals surface area contributed by atoms with Gasteiger partial charge in [0.2, 0.25) is 0 Å². The van der Waals surface area contributed by atoms with Gasteiger partial charge in [0.25, 0.3) is 5.91 Å². The van der Waals surface area contributed by atoms with E-state index < -0.39 is 0 Å². The van der Waals surface area contributed by atoms with Gasteiger partial charge in [-0.3, -0.25) is 4.79 Å². The van der Waals surface area contributed by atoms with Crippen LogP contribution in [-0.2, 0) is 13.0 Å². The highest BCUT2D eigenvalue weighted by Crippen LogP contribution is 2.33. The molecule has 0 saturated carbocycles. The van der Waals surface area contributed by atoms with Crippen LogP contribution in [0.1, 0.15) is 63.2 Å². The zero-order chi connectivity index (χ0) is 22.1. The Morgan fingerprint density at radius 3 is 2.72 bits per heavy atom. The predicted octanol–water partition coefficient (Wildman–Crippen LogP) is 4.52. The van der Waals surface area contributed by atoms with E-state index >= 15 is 0 Å². The average molecular weight is 448 g/mol. The number of hydrogen-bond donors (Lipinski definition) is 0. The van der Waals surface area contributed by atoms with Crippen LogP contribution < -0.4 is 4.90 Å². The number of amides is 1. The summed E-state index contributed by atoms with van der Waals surface area (Å²) in [7, 11) is 0. The lowest BCUT2D eigenvalue weighted by Crippen LogP contribution is -2.40. The summed E-state index contributed by atoms with van der Waals surface area (Å²) in [6.07, 6.45) is 4.15. The minimum absolute atomic E-state index is 0.0927. The van der Waals surface area contributed by atoms with E-state index in [9.17, 15) is 4.79 Å². The largest absolute Gasteiger partial charge is 0.352 e. The molecule has 1 atom stereocenters. The molecule has 0 radical (unpaired) electrons. The summed E-state index contributed by atoms with van der Waals surface area (Å²) >= 11 is 1.43. The maximum atomic E-state index is 13.1. The number of carbonyl (C=O) groups is 1. The van der Waals surface area contributed by atoms with E-state index in [-0.39, 0.29) is 11.8 Å². The molecule has 7 heteroatoms. The number of piperidine rings is 1.